The average Bonchev–Trinajstić information content (AvgIpc) is 2.90. The first-order valence-corrected chi connectivity index (χ1v) is 6.07. The fourth-order valence-corrected chi connectivity index (χ4v) is 2.86. The van der Waals surface area contributed by atoms with Crippen LogP contribution < -0.4 is 0 Å². The molecule has 1 aromatic rings. The number of aliphatic imine (C=N–C) groups is 1. The van der Waals surface area contributed by atoms with E-state index in [-0.39, 0.29) is 27.6 Å². The molecule has 94 valence electrons. The van der Waals surface area contributed by atoms with E-state index in [2.05, 4.69) is 9.89 Å². The predicted octanol–water partition coefficient (Wildman–Crippen LogP) is 2.89. The summed E-state index contributed by atoms with van der Waals surface area (Å²) < 4.78 is 0. The Morgan fingerprint density at radius 1 is 1.33 bits per heavy atom. The zero-order valence-electron chi connectivity index (χ0n) is 9.28. The highest BCUT2D eigenvalue weighted by Crippen LogP contribution is 2.35. The van der Waals surface area contributed by atoms with E-state index in [9.17, 15) is 10.1 Å². The van der Waals surface area contributed by atoms with Crippen molar-refractivity contribution in [3.8, 4) is 0 Å². The van der Waals surface area contributed by atoms with E-state index in [1.165, 1.54) is 12.1 Å². The highest BCUT2D eigenvalue weighted by Gasteiger charge is 2.27. The van der Waals surface area contributed by atoms with E-state index >= 15 is 0 Å². The molecule has 18 heavy (non-hydrogen) atoms. The maximum Gasteiger partial charge on any atom is 0.269 e. The average molecular weight is 328 g/mol. The first-order valence-electron chi connectivity index (χ1n) is 5.19. The number of nitro benzene ring substituents is 1. The van der Waals surface area contributed by atoms with Gasteiger partial charge in [0, 0.05) is 24.1 Å². The molecule has 1 aromatic carbocycles. The molecule has 0 aliphatic carbocycles. The van der Waals surface area contributed by atoms with Gasteiger partial charge in [-0.15, -0.1) is 17.0 Å². The van der Waals surface area contributed by atoms with Gasteiger partial charge in [-0.25, -0.2) is 0 Å². The number of nitro groups is 1. The molecule has 0 N–H and O–H groups in total. The van der Waals surface area contributed by atoms with Crippen molar-refractivity contribution in [2.24, 2.45) is 4.99 Å². The number of hydrogen-bond acceptors (Lipinski definition) is 5. The van der Waals surface area contributed by atoms with Gasteiger partial charge >= 0.3 is 0 Å². The molecule has 0 spiro atoms. The van der Waals surface area contributed by atoms with Gasteiger partial charge in [0.1, 0.15) is 0 Å². The van der Waals surface area contributed by atoms with E-state index in [1.54, 1.807) is 23.9 Å². The third-order valence-electron chi connectivity index (χ3n) is 2.74. The lowest BCUT2D eigenvalue weighted by atomic mass is 10.1. The lowest BCUT2D eigenvalue weighted by Crippen LogP contribution is -2.19. The molecule has 5 nitrogen and oxygen atoms in total. The Balaban J connectivity index is 0.00000120. The summed E-state index contributed by atoms with van der Waals surface area (Å²) in [6.45, 7) is 1.72. The molecule has 2 aliphatic rings. The number of halogens is 1. The van der Waals surface area contributed by atoms with E-state index in [1.807, 2.05) is 5.41 Å². The first-order chi connectivity index (χ1) is 8.25. The monoisotopic (exact) mass is 327 g/mol. The van der Waals surface area contributed by atoms with Crippen LogP contribution in [0.2, 0.25) is 0 Å². The smallest absolute Gasteiger partial charge is 0.269 e. The summed E-state index contributed by atoms with van der Waals surface area (Å²) in [4.78, 5) is 16.7. The van der Waals surface area contributed by atoms with E-state index in [0.29, 0.717) is 0 Å². The molecule has 7 heteroatoms. The summed E-state index contributed by atoms with van der Waals surface area (Å²) in [5.41, 5.74) is 2.20. The molecular weight excluding hydrogens is 318 g/mol. The maximum absolute atomic E-state index is 10.6. The zero-order chi connectivity index (χ0) is 11.8. The minimum absolute atomic E-state index is 0. The van der Waals surface area contributed by atoms with Gasteiger partial charge in [0.15, 0.2) is 5.17 Å². The first kappa shape index (κ1) is 13.1. The Bertz CT molecular complexity index is 542. The highest BCUT2D eigenvalue weighted by molar-refractivity contribution is 8.93. The molecule has 2 heterocycles. The summed E-state index contributed by atoms with van der Waals surface area (Å²) in [5, 5.41) is 13.6. The lowest BCUT2D eigenvalue weighted by molar-refractivity contribution is -0.384. The number of nitrogens with zero attached hydrogens (tertiary/aromatic N) is 3. The third-order valence-corrected chi connectivity index (χ3v) is 3.64. The molecule has 0 unspecified atom stereocenters. The SMILES string of the molecule is Br.O=[N+]([O-])c1ccc(C2=CSC3=NCCN23)cc1. The molecule has 0 aromatic heterocycles. The number of non-ortho nitro benzene ring substituents is 1. The maximum atomic E-state index is 10.6. The van der Waals surface area contributed by atoms with Gasteiger partial charge in [-0.2, -0.15) is 0 Å². The molecule has 0 fully saturated rings. The van der Waals surface area contributed by atoms with Gasteiger partial charge in [-0.1, -0.05) is 11.8 Å². The number of hydrogen-bond donors (Lipinski definition) is 0. The van der Waals surface area contributed by atoms with Crippen LogP contribution in [0.1, 0.15) is 5.56 Å². The van der Waals surface area contributed by atoms with Gasteiger partial charge in [0.25, 0.3) is 5.69 Å². The molecule has 0 radical (unpaired) electrons. The summed E-state index contributed by atoms with van der Waals surface area (Å²) >= 11 is 1.61. The normalized spacial score (nSPS) is 16.8. The van der Waals surface area contributed by atoms with Crippen molar-refractivity contribution in [1.82, 2.24) is 4.90 Å². The number of amidine groups is 1. The quantitative estimate of drug-likeness (QED) is 0.619. The molecule has 0 amide bonds. The Hall–Kier alpha value is -1.34. The molecule has 0 bridgehead atoms. The number of fused-ring (bicyclic) bond motifs is 1. The minimum Gasteiger partial charge on any atom is -0.318 e. The minimum atomic E-state index is -0.385. The second-order valence-electron chi connectivity index (χ2n) is 3.74. The van der Waals surface area contributed by atoms with Crippen LogP contribution in [0.3, 0.4) is 0 Å². The van der Waals surface area contributed by atoms with Crippen molar-refractivity contribution in [1.29, 1.82) is 0 Å². The predicted molar refractivity (Wildman–Crippen MR) is 78.0 cm³/mol. The number of thioether (sulfide) groups is 1. The third kappa shape index (κ3) is 2.15. The highest BCUT2D eigenvalue weighted by atomic mass is 79.9. The summed E-state index contributed by atoms with van der Waals surface area (Å²) in [6.07, 6.45) is 0. The summed E-state index contributed by atoms with van der Waals surface area (Å²) in [6, 6.07) is 6.63. The largest absolute Gasteiger partial charge is 0.318 e. The van der Waals surface area contributed by atoms with Crippen LogP contribution in [-0.2, 0) is 0 Å². The van der Waals surface area contributed by atoms with Crippen molar-refractivity contribution in [3.63, 3.8) is 0 Å². The molecule has 2 aliphatic heterocycles. The van der Waals surface area contributed by atoms with E-state index in [0.717, 1.165) is 29.5 Å². The standard InChI is InChI=1S/C11H9N3O2S.BrH/c15-14(16)9-3-1-8(2-4-9)10-7-17-11-12-5-6-13(10)11;/h1-4,7H,5-6H2;1H. The molecule has 0 atom stereocenters. The van der Waals surface area contributed by atoms with Crippen LogP contribution in [0.4, 0.5) is 5.69 Å². The van der Waals surface area contributed by atoms with Crippen molar-refractivity contribution in [3.05, 3.63) is 45.4 Å². The van der Waals surface area contributed by atoms with Crippen LogP contribution in [0.25, 0.3) is 5.70 Å². The van der Waals surface area contributed by atoms with Gasteiger partial charge in [-0.3, -0.25) is 15.1 Å². The Morgan fingerprint density at radius 2 is 2.06 bits per heavy atom. The topological polar surface area (TPSA) is 58.7 Å². The van der Waals surface area contributed by atoms with Gasteiger partial charge in [0.2, 0.25) is 0 Å². The van der Waals surface area contributed by atoms with Crippen molar-refractivity contribution < 1.29 is 4.92 Å². The number of benzene rings is 1. The van der Waals surface area contributed by atoms with Crippen LogP contribution in [0.5, 0.6) is 0 Å². The second-order valence-corrected chi connectivity index (χ2v) is 4.58. The molecule has 0 saturated heterocycles. The van der Waals surface area contributed by atoms with E-state index in [4.69, 9.17) is 0 Å². The summed E-state index contributed by atoms with van der Waals surface area (Å²) in [7, 11) is 0. The number of rotatable bonds is 2. The fourth-order valence-electron chi connectivity index (χ4n) is 1.90. The van der Waals surface area contributed by atoms with E-state index < -0.39 is 0 Å². The molecule has 3 rings (SSSR count). The fraction of sp³-hybridized carbons (Fsp3) is 0.182. The molecular formula is C11H10BrN3O2S. The Labute approximate surface area is 118 Å². The van der Waals surface area contributed by atoms with Crippen LogP contribution in [-0.4, -0.2) is 28.1 Å². The van der Waals surface area contributed by atoms with Crippen LogP contribution in [0, 0.1) is 10.1 Å². The second kappa shape index (κ2) is 5.11. The Kier molecular flexibility index (Phi) is 3.72. The van der Waals surface area contributed by atoms with Crippen molar-refractivity contribution in [2.45, 2.75) is 0 Å². The van der Waals surface area contributed by atoms with Crippen LogP contribution in [0.15, 0.2) is 34.7 Å². The lowest BCUT2D eigenvalue weighted by Gasteiger charge is -2.16. The van der Waals surface area contributed by atoms with Gasteiger partial charge < -0.3 is 4.90 Å². The Morgan fingerprint density at radius 3 is 2.72 bits per heavy atom. The van der Waals surface area contributed by atoms with Crippen LogP contribution >= 0.6 is 28.7 Å². The van der Waals surface area contributed by atoms with Gasteiger partial charge in [-0.05, 0) is 17.7 Å². The van der Waals surface area contributed by atoms with Crippen molar-refractivity contribution in [2.75, 3.05) is 13.1 Å². The zero-order valence-corrected chi connectivity index (χ0v) is 11.8. The summed E-state index contributed by atoms with van der Waals surface area (Å²) in [5.74, 6) is 0. The van der Waals surface area contributed by atoms with Crippen molar-refractivity contribution >= 4 is 45.3 Å². The molecule has 0 saturated carbocycles. The van der Waals surface area contributed by atoms with Gasteiger partial charge in [0.05, 0.1) is 17.2 Å².